The molecule has 25 heavy (non-hydrogen) atoms. The topological polar surface area (TPSA) is 57.8 Å². The van der Waals surface area contributed by atoms with E-state index in [1.165, 1.54) is 12.1 Å². The van der Waals surface area contributed by atoms with Crippen molar-refractivity contribution in [3.8, 4) is 0 Å². The smallest absolute Gasteiger partial charge is 0.191 e. The van der Waals surface area contributed by atoms with Crippen LogP contribution >= 0.6 is 11.3 Å². The molecule has 0 aliphatic carbocycles. The molecule has 1 atom stereocenters. The molecule has 0 radical (unpaired) electrons. The van der Waals surface area contributed by atoms with Gasteiger partial charge in [-0.25, -0.2) is 13.8 Å². The van der Waals surface area contributed by atoms with Crippen molar-refractivity contribution in [2.24, 2.45) is 10.7 Å². The van der Waals surface area contributed by atoms with Crippen molar-refractivity contribution >= 4 is 22.4 Å². The molecule has 8 heteroatoms. The monoisotopic (exact) mass is 365 g/mol. The van der Waals surface area contributed by atoms with Gasteiger partial charge in [0.2, 0.25) is 0 Å². The first-order valence-electron chi connectivity index (χ1n) is 8.19. The number of rotatable bonds is 4. The number of halogens is 2. The van der Waals surface area contributed by atoms with Crippen LogP contribution in [0.15, 0.2) is 34.8 Å². The van der Waals surface area contributed by atoms with Crippen LogP contribution in [-0.2, 0) is 0 Å². The Morgan fingerprint density at radius 2 is 2.08 bits per heavy atom. The fraction of sp³-hybridized carbons (Fsp3) is 0.412. The Balaban J connectivity index is 1.55. The summed E-state index contributed by atoms with van der Waals surface area (Å²) in [5.41, 5.74) is 6.54. The lowest BCUT2D eigenvalue weighted by atomic mass is 10.0. The maximum atomic E-state index is 13.8. The number of nitrogens with two attached hydrogens (primary N) is 1. The van der Waals surface area contributed by atoms with Gasteiger partial charge in [0.05, 0.1) is 0 Å². The normalized spacial score (nSPS) is 17.0. The van der Waals surface area contributed by atoms with E-state index >= 15 is 0 Å². The van der Waals surface area contributed by atoms with Crippen molar-refractivity contribution in [2.75, 3.05) is 37.6 Å². The number of guanidine groups is 1. The van der Waals surface area contributed by atoms with E-state index in [0.717, 1.165) is 37.4 Å². The first-order chi connectivity index (χ1) is 12.0. The summed E-state index contributed by atoms with van der Waals surface area (Å²) in [5.74, 6) is -0.822. The van der Waals surface area contributed by atoms with Crippen molar-refractivity contribution in [1.29, 1.82) is 0 Å². The van der Waals surface area contributed by atoms with Gasteiger partial charge < -0.3 is 15.5 Å². The average Bonchev–Trinajstić information content (AvgIpc) is 3.14. The quantitative estimate of drug-likeness (QED) is 0.669. The summed E-state index contributed by atoms with van der Waals surface area (Å²) in [4.78, 5) is 13.0. The highest BCUT2D eigenvalue weighted by Crippen LogP contribution is 2.21. The number of hydrogen-bond acceptors (Lipinski definition) is 4. The fourth-order valence-corrected chi connectivity index (χ4v) is 3.53. The standard InChI is InChI=1S/C17H21F2N5S/c1-12(14-3-2-13(18)10-15(14)19)11-22-16(20)23-5-7-24(8-6-23)17-21-4-9-25-17/h2-4,9-10,12H,5-8,11H2,1H3,(H2,20,22). The molecular weight excluding hydrogens is 344 g/mol. The second kappa shape index (κ2) is 7.77. The molecule has 0 bridgehead atoms. The second-order valence-corrected chi connectivity index (χ2v) is 6.93. The van der Waals surface area contributed by atoms with E-state index in [1.54, 1.807) is 17.5 Å². The molecule has 2 heterocycles. The van der Waals surface area contributed by atoms with Crippen molar-refractivity contribution in [3.63, 3.8) is 0 Å². The number of piperazine rings is 1. The van der Waals surface area contributed by atoms with E-state index in [0.29, 0.717) is 18.1 Å². The van der Waals surface area contributed by atoms with E-state index < -0.39 is 11.6 Å². The summed E-state index contributed by atoms with van der Waals surface area (Å²) in [7, 11) is 0. The summed E-state index contributed by atoms with van der Waals surface area (Å²) >= 11 is 1.63. The molecule has 1 aromatic heterocycles. The molecule has 1 saturated heterocycles. The highest BCUT2D eigenvalue weighted by molar-refractivity contribution is 7.13. The Morgan fingerprint density at radius 1 is 1.32 bits per heavy atom. The summed E-state index contributed by atoms with van der Waals surface area (Å²) in [6.07, 6.45) is 1.80. The van der Waals surface area contributed by atoms with Crippen LogP contribution < -0.4 is 10.6 Å². The third kappa shape index (κ3) is 4.25. The zero-order valence-electron chi connectivity index (χ0n) is 14.0. The Labute approximate surface area is 149 Å². The molecule has 1 aromatic carbocycles. The molecule has 1 unspecified atom stereocenters. The van der Waals surface area contributed by atoms with E-state index in [1.807, 2.05) is 17.2 Å². The van der Waals surface area contributed by atoms with Gasteiger partial charge in [-0.05, 0) is 11.6 Å². The lowest BCUT2D eigenvalue weighted by molar-refractivity contribution is 0.380. The van der Waals surface area contributed by atoms with Crippen molar-refractivity contribution in [3.05, 3.63) is 47.0 Å². The first-order valence-corrected chi connectivity index (χ1v) is 9.07. The van der Waals surface area contributed by atoms with Gasteiger partial charge in [0.15, 0.2) is 11.1 Å². The molecule has 1 aliphatic rings. The lowest BCUT2D eigenvalue weighted by Gasteiger charge is -2.35. The van der Waals surface area contributed by atoms with Crippen LogP contribution in [0, 0.1) is 11.6 Å². The lowest BCUT2D eigenvalue weighted by Crippen LogP contribution is -2.51. The van der Waals surface area contributed by atoms with Crippen LogP contribution in [0.5, 0.6) is 0 Å². The summed E-state index contributed by atoms with van der Waals surface area (Å²) < 4.78 is 26.8. The van der Waals surface area contributed by atoms with E-state index in [-0.39, 0.29) is 5.92 Å². The predicted molar refractivity (Wildman–Crippen MR) is 97.2 cm³/mol. The van der Waals surface area contributed by atoms with Gasteiger partial charge in [-0.2, -0.15) is 0 Å². The van der Waals surface area contributed by atoms with Crippen molar-refractivity contribution in [2.45, 2.75) is 12.8 Å². The fourth-order valence-electron chi connectivity index (χ4n) is 2.83. The van der Waals surface area contributed by atoms with E-state index in [9.17, 15) is 8.78 Å². The number of nitrogens with zero attached hydrogens (tertiary/aromatic N) is 4. The molecular formula is C17H21F2N5S. The third-order valence-corrected chi connectivity index (χ3v) is 5.15. The van der Waals surface area contributed by atoms with Crippen molar-refractivity contribution < 1.29 is 8.78 Å². The van der Waals surface area contributed by atoms with E-state index in [2.05, 4.69) is 14.9 Å². The molecule has 5 nitrogen and oxygen atoms in total. The Kier molecular flexibility index (Phi) is 5.47. The maximum absolute atomic E-state index is 13.8. The van der Waals surface area contributed by atoms with Crippen LogP contribution in [0.2, 0.25) is 0 Å². The minimum Gasteiger partial charge on any atom is -0.370 e. The number of aliphatic imine (C=N–C) groups is 1. The van der Waals surface area contributed by atoms with Crippen LogP contribution in [0.4, 0.5) is 13.9 Å². The summed E-state index contributed by atoms with van der Waals surface area (Å²) in [5, 5.41) is 2.99. The molecule has 1 aliphatic heterocycles. The second-order valence-electron chi connectivity index (χ2n) is 6.05. The zero-order chi connectivity index (χ0) is 17.8. The third-order valence-electron chi connectivity index (χ3n) is 4.31. The van der Waals surface area contributed by atoms with Gasteiger partial charge in [0, 0.05) is 56.3 Å². The minimum absolute atomic E-state index is 0.171. The molecule has 1 fully saturated rings. The largest absolute Gasteiger partial charge is 0.370 e. The molecule has 0 spiro atoms. The van der Waals surface area contributed by atoms with Crippen LogP contribution in [0.3, 0.4) is 0 Å². The number of aromatic nitrogens is 1. The molecule has 2 N–H and O–H groups in total. The molecule has 134 valence electrons. The molecule has 0 amide bonds. The Hall–Kier alpha value is -2.22. The van der Waals surface area contributed by atoms with E-state index in [4.69, 9.17) is 5.73 Å². The Morgan fingerprint density at radius 3 is 2.72 bits per heavy atom. The minimum atomic E-state index is -0.574. The van der Waals surface area contributed by atoms with Gasteiger partial charge in [0.25, 0.3) is 0 Å². The van der Waals surface area contributed by atoms with Crippen LogP contribution in [-0.4, -0.2) is 48.6 Å². The summed E-state index contributed by atoms with van der Waals surface area (Å²) in [6, 6.07) is 3.63. The predicted octanol–water partition coefficient (Wildman–Crippen LogP) is 2.66. The highest BCUT2D eigenvalue weighted by atomic mass is 32.1. The zero-order valence-corrected chi connectivity index (χ0v) is 14.8. The molecule has 0 saturated carbocycles. The SMILES string of the molecule is CC(CN=C(N)N1CCN(c2nccs2)CC1)c1ccc(F)cc1F. The highest BCUT2D eigenvalue weighted by Gasteiger charge is 2.20. The van der Waals surface area contributed by atoms with Crippen LogP contribution in [0.25, 0.3) is 0 Å². The average molecular weight is 365 g/mol. The molecule has 2 aromatic rings. The van der Waals surface area contributed by atoms with Gasteiger partial charge in [0.1, 0.15) is 11.6 Å². The number of anilines is 1. The van der Waals surface area contributed by atoms with Gasteiger partial charge in [-0.1, -0.05) is 13.0 Å². The van der Waals surface area contributed by atoms with Gasteiger partial charge >= 0.3 is 0 Å². The first kappa shape index (κ1) is 17.6. The number of thiazole rings is 1. The number of hydrogen-bond donors (Lipinski definition) is 1. The number of benzene rings is 1. The van der Waals surface area contributed by atoms with Crippen LogP contribution in [0.1, 0.15) is 18.4 Å². The Bertz CT molecular complexity index is 727. The molecule has 3 rings (SSSR count). The van der Waals surface area contributed by atoms with Gasteiger partial charge in [-0.15, -0.1) is 11.3 Å². The summed E-state index contributed by atoms with van der Waals surface area (Å²) in [6.45, 7) is 5.44. The van der Waals surface area contributed by atoms with Crippen molar-refractivity contribution in [1.82, 2.24) is 9.88 Å². The maximum Gasteiger partial charge on any atom is 0.191 e. The van der Waals surface area contributed by atoms with Gasteiger partial charge in [-0.3, -0.25) is 4.99 Å².